The second kappa shape index (κ2) is 5.40. The summed E-state index contributed by atoms with van der Waals surface area (Å²) in [6, 6.07) is -0.435. The van der Waals surface area contributed by atoms with E-state index < -0.39 is 15.9 Å². The van der Waals surface area contributed by atoms with E-state index in [9.17, 15) is 13.2 Å². The molecule has 2 unspecified atom stereocenters. The highest BCUT2D eigenvalue weighted by Crippen LogP contribution is 2.20. The Bertz CT molecular complexity index is 444. The number of hydrogen-bond donors (Lipinski definition) is 1. The van der Waals surface area contributed by atoms with Crippen LogP contribution < -0.4 is 5.32 Å². The number of nitrogens with one attached hydrogen (secondary N) is 1. The third-order valence-electron chi connectivity index (χ3n) is 3.68. The highest BCUT2D eigenvalue weighted by Gasteiger charge is 2.35. The van der Waals surface area contributed by atoms with Crippen molar-refractivity contribution < 1.29 is 13.2 Å². The zero-order chi connectivity index (χ0) is 13.2. The van der Waals surface area contributed by atoms with E-state index >= 15 is 0 Å². The molecule has 0 aromatic rings. The highest BCUT2D eigenvalue weighted by atomic mass is 32.2. The summed E-state index contributed by atoms with van der Waals surface area (Å²) in [5, 5.41) is 2.83. The number of amides is 1. The van der Waals surface area contributed by atoms with E-state index in [0.29, 0.717) is 6.54 Å². The molecule has 0 aromatic carbocycles. The molecule has 0 saturated carbocycles. The molecule has 1 amide bonds. The largest absolute Gasteiger partial charge is 0.337 e. The van der Waals surface area contributed by atoms with Gasteiger partial charge in [0.2, 0.25) is 5.91 Å². The molecule has 1 aliphatic heterocycles. The van der Waals surface area contributed by atoms with Gasteiger partial charge in [-0.2, -0.15) is 0 Å². The molecule has 2 aliphatic rings. The van der Waals surface area contributed by atoms with Crippen LogP contribution in [0.2, 0.25) is 0 Å². The van der Waals surface area contributed by atoms with Crippen LogP contribution in [0.3, 0.4) is 0 Å². The van der Waals surface area contributed by atoms with Crippen molar-refractivity contribution in [2.24, 2.45) is 0 Å². The van der Waals surface area contributed by atoms with Crippen LogP contribution in [0.15, 0.2) is 12.2 Å². The van der Waals surface area contributed by atoms with E-state index in [2.05, 4.69) is 17.5 Å². The Labute approximate surface area is 108 Å². The van der Waals surface area contributed by atoms with Crippen LogP contribution in [0.25, 0.3) is 0 Å². The first-order valence-corrected chi connectivity index (χ1v) is 8.19. The second-order valence-corrected chi connectivity index (χ2v) is 7.15. The van der Waals surface area contributed by atoms with Crippen LogP contribution in [-0.2, 0) is 14.6 Å². The molecule has 5 nitrogen and oxygen atoms in total. The van der Waals surface area contributed by atoms with Crippen LogP contribution >= 0.6 is 0 Å². The minimum atomic E-state index is -3.13. The van der Waals surface area contributed by atoms with Gasteiger partial charge in [0.25, 0.3) is 0 Å². The number of sulfone groups is 1. The summed E-state index contributed by atoms with van der Waals surface area (Å²) in [6.45, 7) is 0.331. The minimum Gasteiger partial charge on any atom is -0.337 e. The average molecular weight is 272 g/mol. The minimum absolute atomic E-state index is 0.0705. The van der Waals surface area contributed by atoms with E-state index in [4.69, 9.17) is 0 Å². The van der Waals surface area contributed by atoms with E-state index in [-0.39, 0.29) is 23.5 Å². The summed E-state index contributed by atoms with van der Waals surface area (Å²) >= 11 is 0. The molecule has 1 fully saturated rings. The first-order chi connectivity index (χ1) is 8.53. The van der Waals surface area contributed by atoms with Gasteiger partial charge in [0.05, 0.1) is 11.5 Å². The third kappa shape index (κ3) is 2.92. The van der Waals surface area contributed by atoms with Gasteiger partial charge in [-0.15, -0.1) is 0 Å². The molecule has 18 heavy (non-hydrogen) atoms. The standard InChI is InChI=1S/C12H20N2O3S/c1-13-11-9-18(16,17)8-7-14(12(11)15)10-5-3-2-4-6-10/h2-3,10-11,13H,4-9H2,1H3. The zero-order valence-electron chi connectivity index (χ0n) is 10.6. The lowest BCUT2D eigenvalue weighted by atomic mass is 9.99. The molecule has 0 spiro atoms. The van der Waals surface area contributed by atoms with Gasteiger partial charge in [-0.25, -0.2) is 8.42 Å². The SMILES string of the molecule is CNC1CS(=O)(=O)CCN(C2CC=CCC2)C1=O. The fraction of sp³-hybridized carbons (Fsp3) is 0.750. The van der Waals surface area contributed by atoms with Crippen molar-refractivity contribution in [1.82, 2.24) is 10.2 Å². The Kier molecular flexibility index (Phi) is 4.07. The molecule has 1 N–H and O–H groups in total. The van der Waals surface area contributed by atoms with Crippen molar-refractivity contribution in [3.05, 3.63) is 12.2 Å². The molecule has 0 bridgehead atoms. The Morgan fingerprint density at radius 3 is 2.78 bits per heavy atom. The first-order valence-electron chi connectivity index (χ1n) is 6.36. The molecule has 2 atom stereocenters. The van der Waals surface area contributed by atoms with Gasteiger partial charge >= 0.3 is 0 Å². The van der Waals surface area contributed by atoms with Crippen LogP contribution in [-0.4, -0.2) is 56.4 Å². The summed E-state index contributed by atoms with van der Waals surface area (Å²) in [4.78, 5) is 14.1. The lowest BCUT2D eigenvalue weighted by Gasteiger charge is -2.33. The number of allylic oxidation sites excluding steroid dienone is 1. The van der Waals surface area contributed by atoms with E-state index in [1.807, 2.05) is 0 Å². The summed E-state index contributed by atoms with van der Waals surface area (Å²) in [6.07, 6.45) is 6.92. The lowest BCUT2D eigenvalue weighted by Crippen LogP contribution is -2.50. The number of hydrogen-bond acceptors (Lipinski definition) is 4. The van der Waals surface area contributed by atoms with Gasteiger partial charge < -0.3 is 10.2 Å². The highest BCUT2D eigenvalue weighted by molar-refractivity contribution is 7.91. The fourth-order valence-corrected chi connectivity index (χ4v) is 4.05. The van der Waals surface area contributed by atoms with Crippen LogP contribution in [0, 0.1) is 0 Å². The normalized spacial score (nSPS) is 32.3. The van der Waals surface area contributed by atoms with Crippen molar-refractivity contribution in [3.8, 4) is 0 Å². The predicted molar refractivity (Wildman–Crippen MR) is 70.0 cm³/mol. The van der Waals surface area contributed by atoms with E-state index in [1.165, 1.54) is 0 Å². The average Bonchev–Trinajstić information content (AvgIpc) is 2.47. The maximum Gasteiger partial charge on any atom is 0.241 e. The monoisotopic (exact) mass is 272 g/mol. The maximum absolute atomic E-state index is 12.3. The second-order valence-electron chi connectivity index (χ2n) is 4.93. The quantitative estimate of drug-likeness (QED) is 0.715. The van der Waals surface area contributed by atoms with Crippen molar-refractivity contribution in [1.29, 1.82) is 0 Å². The first kappa shape index (κ1) is 13.5. The zero-order valence-corrected chi connectivity index (χ0v) is 11.4. The van der Waals surface area contributed by atoms with Crippen molar-refractivity contribution in [3.63, 3.8) is 0 Å². The van der Waals surface area contributed by atoms with Crippen LogP contribution in [0.1, 0.15) is 19.3 Å². The van der Waals surface area contributed by atoms with E-state index in [1.54, 1.807) is 11.9 Å². The number of likely N-dealkylation sites (N-methyl/N-ethyl adjacent to an activating group) is 1. The fourth-order valence-electron chi connectivity index (χ4n) is 2.59. The Morgan fingerprint density at radius 2 is 2.17 bits per heavy atom. The number of nitrogens with zero attached hydrogens (tertiary/aromatic N) is 1. The molecule has 0 radical (unpaired) electrons. The summed E-state index contributed by atoms with van der Waals surface area (Å²) in [5.41, 5.74) is 0. The predicted octanol–water partition coefficient (Wildman–Crippen LogP) is -0.0599. The number of carbonyl (C=O) groups is 1. The van der Waals surface area contributed by atoms with Crippen LogP contribution in [0.5, 0.6) is 0 Å². The maximum atomic E-state index is 12.3. The lowest BCUT2D eigenvalue weighted by molar-refractivity contribution is -0.134. The van der Waals surface area contributed by atoms with Gasteiger partial charge in [-0.1, -0.05) is 12.2 Å². The topological polar surface area (TPSA) is 66.5 Å². The smallest absolute Gasteiger partial charge is 0.241 e. The summed E-state index contributed by atoms with van der Waals surface area (Å²) in [5.74, 6) is -0.0719. The molecule has 0 aromatic heterocycles. The molecule has 1 heterocycles. The van der Waals surface area contributed by atoms with Gasteiger partial charge in [-0.3, -0.25) is 4.79 Å². The van der Waals surface area contributed by atoms with Crippen molar-refractivity contribution in [2.75, 3.05) is 25.1 Å². The van der Waals surface area contributed by atoms with Crippen LogP contribution in [0.4, 0.5) is 0 Å². The van der Waals surface area contributed by atoms with E-state index in [0.717, 1.165) is 19.3 Å². The molecule has 1 aliphatic carbocycles. The van der Waals surface area contributed by atoms with Crippen molar-refractivity contribution >= 4 is 15.7 Å². The molecule has 1 saturated heterocycles. The number of carbonyl (C=O) groups excluding carboxylic acids is 1. The Hall–Kier alpha value is -0.880. The Balaban J connectivity index is 2.19. The van der Waals surface area contributed by atoms with Gasteiger partial charge in [0.1, 0.15) is 6.04 Å². The molecular formula is C12H20N2O3S. The summed E-state index contributed by atoms with van der Waals surface area (Å²) < 4.78 is 23.6. The van der Waals surface area contributed by atoms with Gasteiger partial charge in [-0.05, 0) is 26.3 Å². The third-order valence-corrected chi connectivity index (χ3v) is 5.32. The Morgan fingerprint density at radius 1 is 1.39 bits per heavy atom. The number of rotatable bonds is 2. The van der Waals surface area contributed by atoms with Crippen molar-refractivity contribution in [2.45, 2.75) is 31.3 Å². The van der Waals surface area contributed by atoms with Gasteiger partial charge in [0, 0.05) is 12.6 Å². The summed E-state index contributed by atoms with van der Waals surface area (Å²) in [7, 11) is -1.49. The molecular weight excluding hydrogens is 252 g/mol. The van der Waals surface area contributed by atoms with Gasteiger partial charge in [0.15, 0.2) is 9.84 Å². The molecule has 102 valence electrons. The molecule has 6 heteroatoms. The molecule has 2 rings (SSSR count).